The van der Waals surface area contributed by atoms with Crippen molar-refractivity contribution >= 4 is 21.9 Å². The zero-order valence-electron chi connectivity index (χ0n) is 14.7. The van der Waals surface area contributed by atoms with E-state index >= 15 is 0 Å². The van der Waals surface area contributed by atoms with Crippen LogP contribution in [0.15, 0.2) is 52.3 Å². The van der Waals surface area contributed by atoms with E-state index in [0.29, 0.717) is 11.8 Å². The summed E-state index contributed by atoms with van der Waals surface area (Å²) in [6.07, 6.45) is -3.37. The molecule has 0 N–H and O–H groups in total. The number of nitriles is 1. The van der Waals surface area contributed by atoms with Crippen molar-refractivity contribution < 1.29 is 25.8 Å². The molecule has 0 aliphatic rings. The predicted octanol–water partition coefficient (Wildman–Crippen LogP) is 4.77. The summed E-state index contributed by atoms with van der Waals surface area (Å²) in [7, 11) is -4.71. The lowest BCUT2D eigenvalue weighted by Gasteiger charge is -2.32. The molecule has 0 aliphatic heterocycles. The molecule has 0 aromatic heterocycles. The number of halogens is 3. The van der Waals surface area contributed by atoms with Gasteiger partial charge in [-0.25, -0.2) is 4.18 Å². The van der Waals surface area contributed by atoms with E-state index in [1.54, 1.807) is 13.2 Å². The first kappa shape index (κ1) is 21.3. The van der Waals surface area contributed by atoms with Crippen LogP contribution < -0.4 is 0 Å². The Morgan fingerprint density at radius 3 is 2.19 bits per heavy atom. The maximum Gasteiger partial charge on any atom is 0.422 e. The second-order valence-corrected chi connectivity index (χ2v) is 8.30. The molecule has 2 aromatic carbocycles. The number of nitrogens with zero attached hydrogens (tertiary/aromatic N) is 1. The van der Waals surface area contributed by atoms with Crippen LogP contribution in [-0.4, -0.2) is 20.8 Å². The van der Waals surface area contributed by atoms with E-state index in [-0.39, 0.29) is 10.5 Å². The number of thioether (sulfide) groups is 1. The summed E-state index contributed by atoms with van der Waals surface area (Å²) in [5.41, 5.74) is -2.87. The van der Waals surface area contributed by atoms with Gasteiger partial charge in [-0.3, -0.25) is 0 Å². The molecular weight excluding hydrogens is 399 g/mol. The lowest BCUT2D eigenvalue weighted by molar-refractivity contribution is -0.246. The number of aryl methyl sites for hydroxylation is 1. The van der Waals surface area contributed by atoms with Gasteiger partial charge in [-0.2, -0.15) is 26.9 Å². The monoisotopic (exact) mass is 415 g/mol. The SMILES string of the molecule is CSc1ccc(C(C)(OS(=O)(=O)c2ccc(C)cc2)C(F)(F)F)cc1C#N. The lowest BCUT2D eigenvalue weighted by atomic mass is 9.94. The second kappa shape index (κ2) is 7.54. The van der Waals surface area contributed by atoms with Gasteiger partial charge in [-0.15, -0.1) is 11.8 Å². The van der Waals surface area contributed by atoms with Crippen molar-refractivity contribution in [3.8, 4) is 6.07 Å². The summed E-state index contributed by atoms with van der Waals surface area (Å²) in [4.78, 5) is 0.0944. The minimum atomic E-state index is -5.04. The van der Waals surface area contributed by atoms with Gasteiger partial charge in [0.1, 0.15) is 6.07 Å². The van der Waals surface area contributed by atoms with Crippen LogP contribution in [0.3, 0.4) is 0 Å². The van der Waals surface area contributed by atoms with E-state index in [1.165, 1.54) is 42.1 Å². The fourth-order valence-corrected chi connectivity index (χ4v) is 4.05. The number of hydrogen-bond donors (Lipinski definition) is 0. The normalized spacial score (nSPS) is 14.4. The summed E-state index contributed by atoms with van der Waals surface area (Å²) in [6.45, 7) is 2.35. The Morgan fingerprint density at radius 2 is 1.70 bits per heavy atom. The maximum absolute atomic E-state index is 13.8. The first-order chi connectivity index (χ1) is 12.4. The zero-order chi connectivity index (χ0) is 20.5. The van der Waals surface area contributed by atoms with Crippen LogP contribution in [0.25, 0.3) is 0 Å². The highest BCUT2D eigenvalue weighted by molar-refractivity contribution is 7.98. The van der Waals surface area contributed by atoms with Gasteiger partial charge in [0, 0.05) is 4.90 Å². The highest BCUT2D eigenvalue weighted by Gasteiger charge is 2.56. The van der Waals surface area contributed by atoms with Crippen LogP contribution in [0, 0.1) is 18.3 Å². The predicted molar refractivity (Wildman–Crippen MR) is 95.8 cm³/mol. The highest BCUT2D eigenvalue weighted by atomic mass is 32.2. The minimum Gasteiger partial charge on any atom is -0.245 e. The van der Waals surface area contributed by atoms with Crippen LogP contribution in [0.5, 0.6) is 0 Å². The van der Waals surface area contributed by atoms with Crippen molar-refractivity contribution in [3.05, 3.63) is 59.2 Å². The minimum absolute atomic E-state index is 0.00630. The van der Waals surface area contributed by atoms with E-state index in [2.05, 4.69) is 0 Å². The van der Waals surface area contributed by atoms with Gasteiger partial charge in [0.15, 0.2) is 0 Å². The van der Waals surface area contributed by atoms with E-state index in [1.807, 2.05) is 6.07 Å². The van der Waals surface area contributed by atoms with Crippen molar-refractivity contribution in [2.75, 3.05) is 6.26 Å². The molecule has 1 unspecified atom stereocenters. The Hall–Kier alpha value is -2.02. The first-order valence-electron chi connectivity index (χ1n) is 7.62. The Morgan fingerprint density at radius 1 is 1.11 bits per heavy atom. The third kappa shape index (κ3) is 4.29. The average molecular weight is 415 g/mol. The first-order valence-corrected chi connectivity index (χ1v) is 10.3. The molecule has 2 rings (SSSR count). The smallest absolute Gasteiger partial charge is 0.245 e. The Balaban J connectivity index is 2.58. The maximum atomic E-state index is 13.8. The summed E-state index contributed by atoms with van der Waals surface area (Å²) in [5.74, 6) is 0. The topological polar surface area (TPSA) is 67.2 Å². The standard InChI is InChI=1S/C18H16F3NO3S2/c1-12-4-7-15(8-5-12)27(23,24)25-17(2,18(19,20)21)14-6-9-16(26-3)13(10-14)11-22/h4-10H,1-3H3. The third-order valence-corrected chi connectivity index (χ3v) is 6.20. The van der Waals surface area contributed by atoms with E-state index in [9.17, 15) is 26.9 Å². The molecule has 1 atom stereocenters. The number of alkyl halides is 3. The average Bonchev–Trinajstić information content (AvgIpc) is 2.60. The van der Waals surface area contributed by atoms with E-state index in [0.717, 1.165) is 17.7 Å². The molecule has 144 valence electrons. The largest absolute Gasteiger partial charge is 0.422 e. The fraction of sp³-hybridized carbons (Fsp3) is 0.278. The molecule has 9 heteroatoms. The van der Waals surface area contributed by atoms with Crippen molar-refractivity contribution in [2.24, 2.45) is 0 Å². The van der Waals surface area contributed by atoms with Gasteiger partial charge in [-0.05, 0) is 49.9 Å². The van der Waals surface area contributed by atoms with Gasteiger partial charge in [-0.1, -0.05) is 23.8 Å². The van der Waals surface area contributed by atoms with Crippen molar-refractivity contribution in [3.63, 3.8) is 0 Å². The molecule has 0 heterocycles. The number of hydrogen-bond acceptors (Lipinski definition) is 5. The summed E-state index contributed by atoms with van der Waals surface area (Å²) < 4.78 is 71.2. The van der Waals surface area contributed by atoms with Gasteiger partial charge < -0.3 is 0 Å². The molecule has 0 bridgehead atoms. The summed E-state index contributed by atoms with van der Waals surface area (Å²) >= 11 is 1.20. The molecule has 0 amide bonds. The third-order valence-electron chi connectivity index (χ3n) is 4.00. The van der Waals surface area contributed by atoms with Crippen molar-refractivity contribution in [1.29, 1.82) is 5.26 Å². The molecule has 0 radical (unpaired) electrons. The molecule has 0 aliphatic carbocycles. The van der Waals surface area contributed by atoms with Crippen LogP contribution in [0.2, 0.25) is 0 Å². The second-order valence-electron chi connectivity index (χ2n) is 5.91. The fourth-order valence-electron chi connectivity index (χ4n) is 2.32. The molecule has 0 saturated heterocycles. The van der Waals surface area contributed by atoms with Crippen LogP contribution >= 0.6 is 11.8 Å². The Labute approximate surface area is 160 Å². The summed E-state index contributed by atoms with van der Waals surface area (Å²) in [5, 5.41) is 9.18. The van der Waals surface area contributed by atoms with Gasteiger partial charge >= 0.3 is 6.18 Å². The number of rotatable bonds is 5. The van der Waals surface area contributed by atoms with E-state index in [4.69, 9.17) is 4.18 Å². The summed E-state index contributed by atoms with van der Waals surface area (Å²) in [6, 6.07) is 10.6. The van der Waals surface area contributed by atoms with Crippen LogP contribution in [0.4, 0.5) is 13.2 Å². The number of benzene rings is 2. The van der Waals surface area contributed by atoms with Crippen LogP contribution in [-0.2, 0) is 19.9 Å². The molecule has 27 heavy (non-hydrogen) atoms. The highest BCUT2D eigenvalue weighted by Crippen LogP contribution is 2.44. The van der Waals surface area contributed by atoms with Gasteiger partial charge in [0.25, 0.3) is 10.1 Å². The Kier molecular flexibility index (Phi) is 5.94. The molecular formula is C18H16F3NO3S2. The Bertz CT molecular complexity index is 980. The van der Waals surface area contributed by atoms with Crippen molar-refractivity contribution in [2.45, 2.75) is 35.4 Å². The van der Waals surface area contributed by atoms with Crippen LogP contribution in [0.1, 0.15) is 23.6 Å². The molecule has 2 aromatic rings. The van der Waals surface area contributed by atoms with E-state index < -0.39 is 27.5 Å². The van der Waals surface area contributed by atoms with Crippen molar-refractivity contribution in [1.82, 2.24) is 0 Å². The molecule has 0 spiro atoms. The molecule has 0 fully saturated rings. The molecule has 4 nitrogen and oxygen atoms in total. The quantitative estimate of drug-likeness (QED) is 0.520. The van der Waals surface area contributed by atoms with Gasteiger partial charge in [0.2, 0.25) is 5.60 Å². The van der Waals surface area contributed by atoms with Gasteiger partial charge in [0.05, 0.1) is 10.5 Å². The molecule has 0 saturated carbocycles. The zero-order valence-corrected chi connectivity index (χ0v) is 16.3. The lowest BCUT2D eigenvalue weighted by Crippen LogP contribution is -2.43.